The molecule has 0 aliphatic rings. The first-order valence-corrected chi connectivity index (χ1v) is 6.71. The zero-order valence-electron chi connectivity index (χ0n) is 11.5. The molecule has 0 aliphatic carbocycles. The smallest absolute Gasteiger partial charge is 0.417 e. The summed E-state index contributed by atoms with van der Waals surface area (Å²) in [5.74, 6) is 0.0685. The van der Waals surface area contributed by atoms with Crippen molar-refractivity contribution in [1.29, 1.82) is 0 Å². The Balaban J connectivity index is 1.99. The molecule has 1 aromatic heterocycles. The molecule has 2 aromatic rings. The lowest BCUT2D eigenvalue weighted by Crippen LogP contribution is -2.14. The van der Waals surface area contributed by atoms with Crippen LogP contribution >= 0.6 is 11.6 Å². The fourth-order valence-corrected chi connectivity index (χ4v) is 2.03. The Labute approximate surface area is 129 Å². The number of nitrogens with zero attached hydrogens (tertiary/aromatic N) is 1. The highest BCUT2D eigenvalue weighted by Crippen LogP contribution is 2.36. The third-order valence-corrected chi connectivity index (χ3v) is 3.16. The van der Waals surface area contributed by atoms with E-state index >= 15 is 0 Å². The Morgan fingerprint density at radius 3 is 2.73 bits per heavy atom. The SMILES string of the molecule is Cc1nc(CCC(=O)Nc2ccc(Cl)c(C(F)(F)F)c2)co1. The van der Waals surface area contributed by atoms with E-state index in [2.05, 4.69) is 10.3 Å². The van der Waals surface area contributed by atoms with Crippen LogP contribution in [0.5, 0.6) is 0 Å². The Morgan fingerprint density at radius 2 is 2.14 bits per heavy atom. The molecule has 1 N–H and O–H groups in total. The third-order valence-electron chi connectivity index (χ3n) is 2.83. The van der Waals surface area contributed by atoms with Gasteiger partial charge in [0.1, 0.15) is 6.26 Å². The predicted octanol–water partition coefficient (Wildman–Crippen LogP) is 4.23. The van der Waals surface area contributed by atoms with E-state index in [0.717, 1.165) is 12.1 Å². The molecule has 8 heteroatoms. The van der Waals surface area contributed by atoms with E-state index in [1.54, 1.807) is 6.92 Å². The summed E-state index contributed by atoms with van der Waals surface area (Å²) in [6, 6.07) is 3.22. The highest BCUT2D eigenvalue weighted by Gasteiger charge is 2.33. The molecule has 0 fully saturated rings. The summed E-state index contributed by atoms with van der Waals surface area (Å²) in [7, 11) is 0. The number of hydrogen-bond acceptors (Lipinski definition) is 3. The number of hydrogen-bond donors (Lipinski definition) is 1. The number of amides is 1. The summed E-state index contributed by atoms with van der Waals surface area (Å²) in [5, 5.41) is 1.99. The van der Waals surface area contributed by atoms with E-state index in [1.807, 2.05) is 0 Å². The Morgan fingerprint density at radius 1 is 1.41 bits per heavy atom. The summed E-state index contributed by atoms with van der Waals surface area (Å²) < 4.78 is 43.2. The molecule has 0 atom stereocenters. The van der Waals surface area contributed by atoms with Crippen molar-refractivity contribution in [3.63, 3.8) is 0 Å². The average Bonchev–Trinajstić information content (AvgIpc) is 2.83. The van der Waals surface area contributed by atoms with Gasteiger partial charge in [0.25, 0.3) is 0 Å². The Bertz CT molecular complexity index is 683. The first kappa shape index (κ1) is 16.4. The van der Waals surface area contributed by atoms with Gasteiger partial charge in [0.15, 0.2) is 5.89 Å². The molecule has 0 aliphatic heterocycles. The quantitative estimate of drug-likeness (QED) is 0.911. The maximum Gasteiger partial charge on any atom is 0.417 e. The topological polar surface area (TPSA) is 55.1 Å². The number of rotatable bonds is 4. The van der Waals surface area contributed by atoms with Crippen molar-refractivity contribution in [2.24, 2.45) is 0 Å². The van der Waals surface area contributed by atoms with E-state index in [0.29, 0.717) is 18.0 Å². The third kappa shape index (κ3) is 4.24. The van der Waals surface area contributed by atoms with Gasteiger partial charge < -0.3 is 9.73 Å². The van der Waals surface area contributed by atoms with Crippen molar-refractivity contribution in [3.8, 4) is 0 Å². The van der Waals surface area contributed by atoms with Crippen molar-refractivity contribution in [1.82, 2.24) is 4.98 Å². The molecule has 4 nitrogen and oxygen atoms in total. The average molecular weight is 333 g/mol. The van der Waals surface area contributed by atoms with Crippen LogP contribution in [0.2, 0.25) is 5.02 Å². The van der Waals surface area contributed by atoms with Crippen LogP contribution in [0, 0.1) is 6.92 Å². The van der Waals surface area contributed by atoms with Gasteiger partial charge in [-0.3, -0.25) is 4.79 Å². The van der Waals surface area contributed by atoms with Gasteiger partial charge in [-0.15, -0.1) is 0 Å². The number of halogens is 4. The van der Waals surface area contributed by atoms with E-state index in [9.17, 15) is 18.0 Å². The zero-order chi connectivity index (χ0) is 16.3. The van der Waals surface area contributed by atoms with Gasteiger partial charge in [0, 0.05) is 25.5 Å². The van der Waals surface area contributed by atoms with Crippen LogP contribution in [0.4, 0.5) is 18.9 Å². The molecule has 1 heterocycles. The van der Waals surface area contributed by atoms with Gasteiger partial charge in [-0.05, 0) is 18.2 Å². The van der Waals surface area contributed by atoms with Gasteiger partial charge in [-0.25, -0.2) is 4.98 Å². The molecule has 0 radical (unpaired) electrons. The van der Waals surface area contributed by atoms with Crippen LogP contribution < -0.4 is 5.32 Å². The summed E-state index contributed by atoms with van der Waals surface area (Å²) in [5.41, 5.74) is -0.336. The van der Waals surface area contributed by atoms with Crippen LogP contribution in [-0.2, 0) is 17.4 Å². The number of anilines is 1. The highest BCUT2D eigenvalue weighted by molar-refractivity contribution is 6.31. The van der Waals surface area contributed by atoms with Gasteiger partial charge >= 0.3 is 6.18 Å². The number of alkyl halides is 3. The molecule has 0 spiro atoms. The van der Waals surface area contributed by atoms with Crippen molar-refractivity contribution >= 4 is 23.2 Å². The lowest BCUT2D eigenvalue weighted by molar-refractivity contribution is -0.137. The second-order valence-corrected chi connectivity index (χ2v) is 5.01. The van der Waals surface area contributed by atoms with Gasteiger partial charge in [-0.2, -0.15) is 13.2 Å². The second kappa shape index (κ2) is 6.39. The minimum atomic E-state index is -4.57. The molecule has 0 saturated heterocycles. The minimum absolute atomic E-state index is 0.0399. The fourth-order valence-electron chi connectivity index (χ4n) is 1.81. The summed E-state index contributed by atoms with van der Waals surface area (Å²) in [6.07, 6.45) is -2.72. The molecule has 22 heavy (non-hydrogen) atoms. The number of benzene rings is 1. The number of carbonyl (C=O) groups excluding carboxylic acids is 1. The molecule has 2 rings (SSSR count). The van der Waals surface area contributed by atoms with Crippen molar-refractivity contribution in [2.45, 2.75) is 25.9 Å². The van der Waals surface area contributed by atoms with Crippen LogP contribution in [0.15, 0.2) is 28.9 Å². The molecule has 0 bridgehead atoms. The van der Waals surface area contributed by atoms with E-state index in [4.69, 9.17) is 16.0 Å². The van der Waals surface area contributed by atoms with Crippen LogP contribution in [0.1, 0.15) is 23.6 Å². The standard InChI is InChI=1S/C14H12ClF3N2O2/c1-8-19-10(7-22-8)3-5-13(21)20-9-2-4-12(15)11(6-9)14(16,17)18/h2,4,6-7H,3,5H2,1H3,(H,20,21). The minimum Gasteiger partial charge on any atom is -0.449 e. The lowest BCUT2D eigenvalue weighted by atomic mass is 10.2. The predicted molar refractivity (Wildman–Crippen MR) is 74.6 cm³/mol. The second-order valence-electron chi connectivity index (χ2n) is 4.60. The number of aromatic nitrogens is 1. The largest absolute Gasteiger partial charge is 0.449 e. The van der Waals surface area contributed by atoms with E-state index in [-0.39, 0.29) is 12.1 Å². The molecule has 0 saturated carbocycles. The first-order chi connectivity index (χ1) is 10.3. The van der Waals surface area contributed by atoms with Crippen molar-refractivity contribution in [2.75, 3.05) is 5.32 Å². The van der Waals surface area contributed by atoms with Gasteiger partial charge in [0.2, 0.25) is 5.91 Å². The first-order valence-electron chi connectivity index (χ1n) is 6.33. The molecule has 1 aromatic carbocycles. The monoisotopic (exact) mass is 332 g/mol. The molecule has 118 valence electrons. The maximum absolute atomic E-state index is 12.7. The number of oxazole rings is 1. The summed E-state index contributed by atoms with van der Waals surface area (Å²) in [6.45, 7) is 1.68. The number of aryl methyl sites for hydroxylation is 2. The fraction of sp³-hybridized carbons (Fsp3) is 0.286. The van der Waals surface area contributed by atoms with Crippen LogP contribution in [-0.4, -0.2) is 10.9 Å². The van der Waals surface area contributed by atoms with Gasteiger partial charge in [-0.1, -0.05) is 11.6 Å². The van der Waals surface area contributed by atoms with E-state index in [1.165, 1.54) is 12.3 Å². The maximum atomic E-state index is 12.7. The Hall–Kier alpha value is -2.02. The Kier molecular flexibility index (Phi) is 4.75. The molecule has 0 unspecified atom stereocenters. The highest BCUT2D eigenvalue weighted by atomic mass is 35.5. The number of carbonyl (C=O) groups is 1. The molecular weight excluding hydrogens is 321 g/mol. The van der Waals surface area contributed by atoms with Crippen LogP contribution in [0.3, 0.4) is 0 Å². The van der Waals surface area contributed by atoms with E-state index < -0.39 is 22.7 Å². The molecular formula is C14H12ClF3N2O2. The lowest BCUT2D eigenvalue weighted by Gasteiger charge is -2.11. The van der Waals surface area contributed by atoms with Crippen molar-refractivity contribution < 1.29 is 22.4 Å². The molecule has 1 amide bonds. The summed E-state index contributed by atoms with van der Waals surface area (Å²) >= 11 is 5.51. The normalized spacial score (nSPS) is 11.5. The van der Waals surface area contributed by atoms with Crippen LogP contribution in [0.25, 0.3) is 0 Å². The summed E-state index contributed by atoms with van der Waals surface area (Å²) in [4.78, 5) is 15.8. The zero-order valence-corrected chi connectivity index (χ0v) is 12.3. The van der Waals surface area contributed by atoms with Gasteiger partial charge in [0.05, 0.1) is 16.3 Å². The van der Waals surface area contributed by atoms with Crippen molar-refractivity contribution in [3.05, 3.63) is 46.6 Å². The number of nitrogens with one attached hydrogen (secondary N) is 1.